The minimum Gasteiger partial charge on any atom is -0.341 e. The maximum Gasteiger partial charge on any atom is 0.225 e. The van der Waals surface area contributed by atoms with E-state index in [4.69, 9.17) is 0 Å². The summed E-state index contributed by atoms with van der Waals surface area (Å²) in [7, 11) is 0. The van der Waals surface area contributed by atoms with E-state index in [1.807, 2.05) is 13.8 Å². The van der Waals surface area contributed by atoms with E-state index in [-0.39, 0.29) is 5.92 Å². The molecule has 0 spiro atoms. The zero-order valence-corrected chi connectivity index (χ0v) is 13.7. The summed E-state index contributed by atoms with van der Waals surface area (Å²) in [6, 6.07) is 7.09. The van der Waals surface area contributed by atoms with Gasteiger partial charge in [0.25, 0.3) is 0 Å². The molecule has 4 rings (SSSR count). The van der Waals surface area contributed by atoms with Gasteiger partial charge in [-0.25, -0.2) is 0 Å². The van der Waals surface area contributed by atoms with E-state index in [1.165, 1.54) is 34.1 Å². The predicted octanol–water partition coefficient (Wildman–Crippen LogP) is 3.83. The third-order valence-electron chi connectivity index (χ3n) is 5.31. The fourth-order valence-corrected chi connectivity index (χ4v) is 4.31. The fraction of sp³-hybridized carbons (Fsp3) is 0.526. The molecule has 0 saturated carbocycles. The van der Waals surface area contributed by atoms with Crippen LogP contribution in [0.25, 0.3) is 10.9 Å². The zero-order valence-electron chi connectivity index (χ0n) is 13.7. The number of rotatable bonds is 1. The van der Waals surface area contributed by atoms with Gasteiger partial charge in [-0.15, -0.1) is 0 Å². The lowest BCUT2D eigenvalue weighted by molar-refractivity contribution is -0.138. The molecule has 0 saturated heterocycles. The van der Waals surface area contributed by atoms with Crippen molar-refractivity contribution < 1.29 is 4.79 Å². The second-order valence-electron chi connectivity index (χ2n) is 7.13. The van der Waals surface area contributed by atoms with Crippen molar-refractivity contribution in [1.29, 1.82) is 0 Å². The van der Waals surface area contributed by atoms with Gasteiger partial charge in [-0.1, -0.05) is 25.5 Å². The summed E-state index contributed by atoms with van der Waals surface area (Å²) in [5.41, 5.74) is 5.60. The number of carbonyl (C=O) groups is 1. The molecule has 3 heteroatoms. The third-order valence-corrected chi connectivity index (χ3v) is 5.31. The lowest BCUT2D eigenvalue weighted by Crippen LogP contribution is -2.45. The summed E-state index contributed by atoms with van der Waals surface area (Å²) in [5.74, 6) is 0.397. The van der Waals surface area contributed by atoms with Gasteiger partial charge >= 0.3 is 0 Å². The van der Waals surface area contributed by atoms with E-state index >= 15 is 0 Å². The monoisotopic (exact) mass is 296 g/mol. The van der Waals surface area contributed by atoms with Gasteiger partial charge in [0.2, 0.25) is 5.91 Å². The fourth-order valence-electron chi connectivity index (χ4n) is 4.31. The Morgan fingerprint density at radius 3 is 2.86 bits per heavy atom. The van der Waals surface area contributed by atoms with E-state index < -0.39 is 0 Å². The molecule has 1 atom stereocenters. The quantitative estimate of drug-likeness (QED) is 0.785. The predicted molar refractivity (Wildman–Crippen MR) is 88.9 cm³/mol. The second kappa shape index (κ2) is 4.87. The van der Waals surface area contributed by atoms with Gasteiger partial charge in [0.05, 0.1) is 6.04 Å². The average Bonchev–Trinajstić information content (AvgIpc) is 2.83. The molecule has 1 aromatic heterocycles. The zero-order chi connectivity index (χ0) is 15.4. The minimum atomic E-state index is 0.0866. The smallest absolute Gasteiger partial charge is 0.225 e. The molecule has 1 amide bonds. The van der Waals surface area contributed by atoms with Crippen LogP contribution in [0.15, 0.2) is 18.2 Å². The highest BCUT2D eigenvalue weighted by atomic mass is 16.2. The van der Waals surface area contributed by atoms with E-state index in [0.717, 1.165) is 25.9 Å². The highest BCUT2D eigenvalue weighted by molar-refractivity contribution is 5.88. The molecule has 0 fully saturated rings. The summed E-state index contributed by atoms with van der Waals surface area (Å²) >= 11 is 0. The number of hydrogen-bond donors (Lipinski definition) is 0. The molecular weight excluding hydrogens is 272 g/mol. The lowest BCUT2D eigenvalue weighted by Gasteiger charge is -2.40. The Balaban J connectivity index is 1.90. The van der Waals surface area contributed by atoms with Gasteiger partial charge in [0, 0.05) is 35.6 Å². The van der Waals surface area contributed by atoms with E-state index in [2.05, 4.69) is 34.6 Å². The maximum atomic E-state index is 12.6. The first-order valence-electron chi connectivity index (χ1n) is 8.50. The van der Waals surface area contributed by atoms with Crippen molar-refractivity contribution in [2.75, 3.05) is 6.54 Å². The number of carbonyl (C=O) groups excluding carboxylic acids is 1. The molecule has 2 aliphatic rings. The highest BCUT2D eigenvalue weighted by Crippen LogP contribution is 2.43. The molecule has 1 aliphatic heterocycles. The molecule has 2 aromatic rings. The topological polar surface area (TPSA) is 25.2 Å². The van der Waals surface area contributed by atoms with Crippen LogP contribution in [-0.4, -0.2) is 21.9 Å². The van der Waals surface area contributed by atoms with Crippen LogP contribution in [0.5, 0.6) is 0 Å². The van der Waals surface area contributed by atoms with Crippen LogP contribution in [0.2, 0.25) is 0 Å². The second-order valence-corrected chi connectivity index (χ2v) is 7.13. The third kappa shape index (κ3) is 1.84. The van der Waals surface area contributed by atoms with Gasteiger partial charge in [0.15, 0.2) is 0 Å². The lowest BCUT2D eigenvalue weighted by atomic mass is 9.89. The van der Waals surface area contributed by atoms with Crippen LogP contribution in [0.1, 0.15) is 49.6 Å². The molecule has 3 nitrogen and oxygen atoms in total. The van der Waals surface area contributed by atoms with Crippen molar-refractivity contribution in [3.8, 4) is 0 Å². The van der Waals surface area contributed by atoms with Crippen LogP contribution in [-0.2, 0) is 17.8 Å². The molecule has 116 valence electrons. The van der Waals surface area contributed by atoms with E-state index in [0.29, 0.717) is 11.9 Å². The maximum absolute atomic E-state index is 12.6. The van der Waals surface area contributed by atoms with Crippen molar-refractivity contribution in [1.82, 2.24) is 9.47 Å². The first kappa shape index (κ1) is 13.9. The van der Waals surface area contributed by atoms with Crippen LogP contribution < -0.4 is 0 Å². The SMILES string of the molecule is Cc1ccc2c(c1)c1c3n2CCN(C(=O)C(C)C)[C@H]3CCC1. The summed E-state index contributed by atoms with van der Waals surface area (Å²) in [4.78, 5) is 14.7. The Labute approximate surface area is 131 Å². The molecular formula is C19H24N2O. The molecule has 0 radical (unpaired) electrons. The number of nitrogens with zero attached hydrogens (tertiary/aromatic N) is 2. The molecule has 2 heterocycles. The molecule has 1 aliphatic carbocycles. The van der Waals surface area contributed by atoms with Gasteiger partial charge in [-0.3, -0.25) is 4.79 Å². The number of aromatic nitrogens is 1. The van der Waals surface area contributed by atoms with Gasteiger partial charge in [-0.2, -0.15) is 0 Å². The van der Waals surface area contributed by atoms with Crippen molar-refractivity contribution in [3.05, 3.63) is 35.0 Å². The molecule has 0 bridgehead atoms. The number of benzene rings is 1. The first-order valence-corrected chi connectivity index (χ1v) is 8.50. The number of amides is 1. The largest absolute Gasteiger partial charge is 0.341 e. The Bertz CT molecular complexity index is 756. The van der Waals surface area contributed by atoms with Crippen molar-refractivity contribution in [2.24, 2.45) is 5.92 Å². The number of aryl methyl sites for hydroxylation is 2. The minimum absolute atomic E-state index is 0.0866. The summed E-state index contributed by atoms with van der Waals surface area (Å²) in [6.07, 6.45) is 3.45. The van der Waals surface area contributed by atoms with Gasteiger partial charge in [0.1, 0.15) is 0 Å². The summed E-state index contributed by atoms with van der Waals surface area (Å²) in [5, 5.41) is 1.42. The average molecular weight is 296 g/mol. The van der Waals surface area contributed by atoms with E-state index in [9.17, 15) is 4.79 Å². The number of fused-ring (bicyclic) bond motifs is 3. The highest BCUT2D eigenvalue weighted by Gasteiger charge is 2.37. The van der Waals surface area contributed by atoms with Crippen molar-refractivity contribution in [2.45, 2.75) is 52.6 Å². The Morgan fingerprint density at radius 2 is 2.09 bits per heavy atom. The standard InChI is InChI=1S/C19H24N2O/c1-12(2)19(22)21-10-9-20-16-8-7-13(3)11-15(16)14-5-4-6-17(21)18(14)20/h7-8,11-12,17H,4-6,9-10H2,1-3H3/t17-/m0/s1. The van der Waals surface area contributed by atoms with E-state index in [1.54, 1.807) is 0 Å². The van der Waals surface area contributed by atoms with Crippen molar-refractivity contribution >= 4 is 16.8 Å². The van der Waals surface area contributed by atoms with Crippen LogP contribution in [0.4, 0.5) is 0 Å². The Morgan fingerprint density at radius 1 is 1.27 bits per heavy atom. The Hall–Kier alpha value is -1.77. The first-order chi connectivity index (χ1) is 10.6. The molecule has 22 heavy (non-hydrogen) atoms. The van der Waals surface area contributed by atoms with Crippen LogP contribution in [0.3, 0.4) is 0 Å². The number of hydrogen-bond acceptors (Lipinski definition) is 1. The molecule has 1 aromatic carbocycles. The summed E-state index contributed by atoms with van der Waals surface area (Å²) in [6.45, 7) is 7.98. The van der Waals surface area contributed by atoms with Crippen molar-refractivity contribution in [3.63, 3.8) is 0 Å². The Kier molecular flexibility index (Phi) is 3.07. The molecule has 0 unspecified atom stereocenters. The van der Waals surface area contributed by atoms with Gasteiger partial charge in [-0.05, 0) is 43.9 Å². The summed E-state index contributed by atoms with van der Waals surface area (Å²) < 4.78 is 2.48. The van der Waals surface area contributed by atoms with Crippen LogP contribution in [0, 0.1) is 12.8 Å². The van der Waals surface area contributed by atoms with Gasteiger partial charge < -0.3 is 9.47 Å². The normalized spacial score (nSPS) is 20.5. The molecule has 0 N–H and O–H groups in total. The van der Waals surface area contributed by atoms with Crippen LogP contribution >= 0.6 is 0 Å².